The van der Waals surface area contributed by atoms with Gasteiger partial charge in [0.25, 0.3) is 0 Å². The molecule has 0 heterocycles. The summed E-state index contributed by atoms with van der Waals surface area (Å²) in [5.41, 5.74) is 2.82. The SMILES string of the molecule is CC1=C(I)C2(C)CCC1(C)C2. The lowest BCUT2D eigenvalue weighted by molar-refractivity contribution is 0.400. The molecule has 1 fully saturated rings. The Morgan fingerprint density at radius 1 is 1.18 bits per heavy atom. The van der Waals surface area contributed by atoms with Gasteiger partial charge >= 0.3 is 0 Å². The lowest BCUT2D eigenvalue weighted by Gasteiger charge is -2.24. The van der Waals surface area contributed by atoms with Gasteiger partial charge in [0.1, 0.15) is 0 Å². The molecule has 2 aliphatic rings. The lowest BCUT2D eigenvalue weighted by atomic mass is 9.83. The van der Waals surface area contributed by atoms with Crippen LogP contribution in [0.15, 0.2) is 9.15 Å². The third-order valence-electron chi connectivity index (χ3n) is 3.77. The molecule has 2 unspecified atom stereocenters. The van der Waals surface area contributed by atoms with Crippen molar-refractivity contribution in [1.82, 2.24) is 0 Å². The van der Waals surface area contributed by atoms with E-state index in [0.717, 1.165) is 0 Å². The maximum absolute atomic E-state index is 2.56. The highest BCUT2D eigenvalue weighted by atomic mass is 127. The smallest absolute Gasteiger partial charge is 0.000909 e. The van der Waals surface area contributed by atoms with Gasteiger partial charge in [0.15, 0.2) is 0 Å². The molecule has 11 heavy (non-hydrogen) atoms. The third kappa shape index (κ3) is 0.865. The van der Waals surface area contributed by atoms with E-state index in [1.165, 1.54) is 19.3 Å². The molecule has 0 radical (unpaired) electrons. The van der Waals surface area contributed by atoms with E-state index in [2.05, 4.69) is 43.4 Å². The van der Waals surface area contributed by atoms with E-state index >= 15 is 0 Å². The van der Waals surface area contributed by atoms with Crippen LogP contribution in [0.25, 0.3) is 0 Å². The summed E-state index contributed by atoms with van der Waals surface area (Å²) in [7, 11) is 0. The average molecular weight is 262 g/mol. The summed E-state index contributed by atoms with van der Waals surface area (Å²) >= 11 is 2.56. The van der Waals surface area contributed by atoms with Gasteiger partial charge in [-0.2, -0.15) is 0 Å². The van der Waals surface area contributed by atoms with Crippen molar-refractivity contribution >= 4 is 22.6 Å². The van der Waals surface area contributed by atoms with Crippen LogP contribution in [0.5, 0.6) is 0 Å². The van der Waals surface area contributed by atoms with Crippen molar-refractivity contribution < 1.29 is 0 Å². The van der Waals surface area contributed by atoms with Crippen LogP contribution >= 0.6 is 22.6 Å². The van der Waals surface area contributed by atoms with Crippen LogP contribution < -0.4 is 0 Å². The second kappa shape index (κ2) is 2.04. The lowest BCUT2D eigenvalue weighted by Crippen LogP contribution is -2.11. The molecule has 0 nitrogen and oxygen atoms in total. The predicted molar refractivity (Wildman–Crippen MR) is 56.8 cm³/mol. The van der Waals surface area contributed by atoms with E-state index in [1.54, 1.807) is 9.15 Å². The number of allylic oxidation sites excluding steroid dienone is 2. The van der Waals surface area contributed by atoms with Crippen LogP contribution in [0, 0.1) is 10.8 Å². The van der Waals surface area contributed by atoms with Crippen molar-refractivity contribution in [3.63, 3.8) is 0 Å². The first-order valence-corrected chi connectivity index (χ1v) is 5.43. The molecule has 0 spiro atoms. The minimum absolute atomic E-state index is 0.569. The van der Waals surface area contributed by atoms with Gasteiger partial charge in [0, 0.05) is 0 Å². The van der Waals surface area contributed by atoms with Gasteiger partial charge in [-0.1, -0.05) is 19.4 Å². The second-order valence-corrected chi connectivity index (χ2v) is 5.82. The Morgan fingerprint density at radius 3 is 2.00 bits per heavy atom. The molecular weight excluding hydrogens is 247 g/mol. The Hall–Kier alpha value is 0.470. The molecule has 2 bridgehead atoms. The van der Waals surface area contributed by atoms with Crippen molar-refractivity contribution in [3.05, 3.63) is 9.15 Å². The third-order valence-corrected chi connectivity index (χ3v) is 5.88. The monoisotopic (exact) mass is 262 g/mol. The molecule has 1 saturated carbocycles. The topological polar surface area (TPSA) is 0 Å². The number of hydrogen-bond donors (Lipinski definition) is 0. The highest BCUT2D eigenvalue weighted by Gasteiger charge is 2.52. The zero-order chi connectivity index (χ0) is 8.28. The molecule has 2 rings (SSSR count). The van der Waals surface area contributed by atoms with Gasteiger partial charge < -0.3 is 0 Å². The van der Waals surface area contributed by atoms with Crippen molar-refractivity contribution in [2.75, 3.05) is 0 Å². The Kier molecular flexibility index (Phi) is 1.50. The summed E-state index contributed by atoms with van der Waals surface area (Å²) in [6.45, 7) is 7.18. The van der Waals surface area contributed by atoms with Crippen LogP contribution in [0.1, 0.15) is 40.0 Å². The summed E-state index contributed by atoms with van der Waals surface area (Å²) in [5.74, 6) is 0. The van der Waals surface area contributed by atoms with E-state index in [-0.39, 0.29) is 0 Å². The molecule has 0 aromatic carbocycles. The number of hydrogen-bond acceptors (Lipinski definition) is 0. The standard InChI is InChI=1S/C10H15I/c1-7-8(11)10(3)5-4-9(7,2)6-10/h4-6H2,1-3H3. The van der Waals surface area contributed by atoms with E-state index in [4.69, 9.17) is 0 Å². The van der Waals surface area contributed by atoms with Crippen molar-refractivity contribution in [2.24, 2.45) is 10.8 Å². The molecule has 2 atom stereocenters. The molecule has 0 N–H and O–H groups in total. The van der Waals surface area contributed by atoms with Crippen molar-refractivity contribution in [3.8, 4) is 0 Å². The van der Waals surface area contributed by atoms with Crippen LogP contribution in [0.4, 0.5) is 0 Å². The van der Waals surface area contributed by atoms with Gasteiger partial charge in [-0.25, -0.2) is 0 Å². The van der Waals surface area contributed by atoms with Crippen LogP contribution in [-0.2, 0) is 0 Å². The van der Waals surface area contributed by atoms with Gasteiger partial charge in [-0.15, -0.1) is 0 Å². The quantitative estimate of drug-likeness (QED) is 0.581. The highest BCUT2D eigenvalue weighted by molar-refractivity contribution is 14.1. The summed E-state index contributed by atoms with van der Waals surface area (Å²) in [6, 6.07) is 0. The fourth-order valence-electron chi connectivity index (χ4n) is 2.81. The summed E-state index contributed by atoms with van der Waals surface area (Å²) < 4.78 is 1.66. The molecule has 1 heteroatoms. The van der Waals surface area contributed by atoms with Crippen LogP contribution in [-0.4, -0.2) is 0 Å². The molecular formula is C10H15I. The minimum Gasteiger partial charge on any atom is -0.0575 e. The zero-order valence-electron chi connectivity index (χ0n) is 7.50. The predicted octanol–water partition coefficient (Wildman–Crippen LogP) is 3.91. The first kappa shape index (κ1) is 8.09. The molecule has 0 aromatic heterocycles. The van der Waals surface area contributed by atoms with E-state index < -0.39 is 0 Å². The Bertz CT molecular complexity index is 217. The van der Waals surface area contributed by atoms with E-state index in [0.29, 0.717) is 10.8 Å². The van der Waals surface area contributed by atoms with Gasteiger partial charge in [0.05, 0.1) is 0 Å². The first-order chi connectivity index (χ1) is 4.98. The minimum atomic E-state index is 0.569. The average Bonchev–Trinajstić information content (AvgIpc) is 2.32. The maximum Gasteiger partial charge on any atom is -0.000909 e. The summed E-state index contributed by atoms with van der Waals surface area (Å²) in [5, 5.41) is 0. The number of halogens is 1. The summed E-state index contributed by atoms with van der Waals surface area (Å²) in [6.07, 6.45) is 4.24. The Morgan fingerprint density at radius 2 is 1.73 bits per heavy atom. The number of fused-ring (bicyclic) bond motifs is 2. The summed E-state index contributed by atoms with van der Waals surface area (Å²) in [4.78, 5) is 0. The second-order valence-electron chi connectivity index (χ2n) is 4.74. The zero-order valence-corrected chi connectivity index (χ0v) is 9.66. The molecule has 0 aliphatic heterocycles. The molecule has 0 amide bonds. The Balaban J connectivity index is 2.52. The maximum atomic E-state index is 2.56. The van der Waals surface area contributed by atoms with E-state index in [1.807, 2.05) is 0 Å². The Labute approximate surface area is 82.6 Å². The normalized spacial score (nSPS) is 49.1. The largest absolute Gasteiger partial charge is 0.0575 e. The molecule has 2 aliphatic carbocycles. The van der Waals surface area contributed by atoms with Gasteiger partial charge in [-0.05, 0) is 63.2 Å². The molecule has 0 aromatic rings. The van der Waals surface area contributed by atoms with Crippen molar-refractivity contribution in [2.45, 2.75) is 40.0 Å². The fourth-order valence-corrected chi connectivity index (χ4v) is 3.93. The first-order valence-electron chi connectivity index (χ1n) is 4.35. The van der Waals surface area contributed by atoms with Crippen LogP contribution in [0.3, 0.4) is 0 Å². The highest BCUT2D eigenvalue weighted by Crippen LogP contribution is 2.65. The van der Waals surface area contributed by atoms with Gasteiger partial charge in [-0.3, -0.25) is 0 Å². The van der Waals surface area contributed by atoms with Crippen LogP contribution in [0.2, 0.25) is 0 Å². The molecule has 0 saturated heterocycles. The molecule has 62 valence electrons. The van der Waals surface area contributed by atoms with Crippen molar-refractivity contribution in [1.29, 1.82) is 0 Å². The fraction of sp³-hybridized carbons (Fsp3) is 0.800. The van der Waals surface area contributed by atoms with Gasteiger partial charge in [0.2, 0.25) is 0 Å². The van der Waals surface area contributed by atoms with E-state index in [9.17, 15) is 0 Å². The number of rotatable bonds is 0.